The van der Waals surface area contributed by atoms with Crippen molar-refractivity contribution in [1.82, 2.24) is 20.2 Å². The highest BCUT2D eigenvalue weighted by atomic mass is 16.5. The molecule has 1 aromatic heterocycles. The fourth-order valence-corrected chi connectivity index (χ4v) is 4.20. The van der Waals surface area contributed by atoms with Gasteiger partial charge in [0.1, 0.15) is 18.2 Å². The van der Waals surface area contributed by atoms with E-state index >= 15 is 0 Å². The van der Waals surface area contributed by atoms with Crippen molar-refractivity contribution < 1.29 is 24.5 Å². The summed E-state index contributed by atoms with van der Waals surface area (Å²) in [7, 11) is 1.80. The minimum absolute atomic E-state index is 0.00760. The van der Waals surface area contributed by atoms with Gasteiger partial charge in [0.15, 0.2) is 0 Å². The number of rotatable bonds is 16. The van der Waals surface area contributed by atoms with Crippen LogP contribution in [0.15, 0.2) is 36.0 Å². The Morgan fingerprint density at radius 3 is 2.46 bits per heavy atom. The largest absolute Gasteiger partial charge is 0.480 e. The number of carboxylic acids is 1. The Labute approximate surface area is 233 Å². The maximum Gasteiger partial charge on any atom is 0.323 e. The minimum atomic E-state index is -1.11. The van der Waals surface area contributed by atoms with Crippen molar-refractivity contribution in [2.75, 3.05) is 13.7 Å². The number of hydrogen-bond acceptors (Lipinski definition) is 7. The van der Waals surface area contributed by atoms with Gasteiger partial charge in [-0.2, -0.15) is 0 Å². The number of carbonyl (C=O) groups is 2. The van der Waals surface area contributed by atoms with Gasteiger partial charge in [0.05, 0.1) is 29.8 Å². The molecule has 0 amide bonds. The predicted molar refractivity (Wildman–Crippen MR) is 157 cm³/mol. The quantitative estimate of drug-likeness (QED) is 0.138. The van der Waals surface area contributed by atoms with Gasteiger partial charge in [-0.3, -0.25) is 14.9 Å². The molecule has 218 valence electrons. The van der Waals surface area contributed by atoms with Crippen molar-refractivity contribution in [2.24, 2.45) is 5.92 Å². The predicted octanol–water partition coefficient (Wildman–Crippen LogP) is 4.53. The number of carbonyl (C=O) groups excluding carboxylic acids is 1. The first-order valence-corrected chi connectivity index (χ1v) is 13.9. The van der Waals surface area contributed by atoms with Crippen molar-refractivity contribution in [3.05, 3.63) is 47.4 Å². The molecule has 0 spiro atoms. The summed E-state index contributed by atoms with van der Waals surface area (Å²) in [5.74, 6) is 0.0559. The van der Waals surface area contributed by atoms with Crippen molar-refractivity contribution in [1.29, 1.82) is 0 Å². The molecule has 1 heterocycles. The molecule has 0 radical (unpaired) electrons. The zero-order valence-electron chi connectivity index (χ0n) is 24.8. The Morgan fingerprint density at radius 2 is 1.92 bits per heavy atom. The van der Waals surface area contributed by atoms with Crippen LogP contribution in [0.5, 0.6) is 0 Å². The molecule has 0 aliphatic carbocycles. The van der Waals surface area contributed by atoms with Crippen molar-refractivity contribution in [3.8, 4) is 0 Å². The summed E-state index contributed by atoms with van der Waals surface area (Å²) in [5.41, 5.74) is 3.84. The summed E-state index contributed by atoms with van der Waals surface area (Å²) in [6.07, 6.45) is 5.21. The van der Waals surface area contributed by atoms with E-state index < -0.39 is 18.1 Å². The van der Waals surface area contributed by atoms with E-state index in [0.717, 1.165) is 41.3 Å². The number of carboxylic acid groups (broad SMARTS) is 1. The third-order valence-electron chi connectivity index (χ3n) is 5.89. The van der Waals surface area contributed by atoms with Gasteiger partial charge < -0.3 is 24.8 Å². The number of allylic oxidation sites excluding steroid dienone is 3. The molecule has 0 bridgehead atoms. The average molecular weight is 545 g/mol. The zero-order chi connectivity index (χ0) is 29.5. The van der Waals surface area contributed by atoms with Crippen molar-refractivity contribution in [3.63, 3.8) is 0 Å². The molecule has 9 nitrogen and oxygen atoms in total. The molecule has 9 heteroatoms. The lowest BCUT2D eigenvalue weighted by atomic mass is 10.1. The van der Waals surface area contributed by atoms with Crippen LogP contribution in [0.4, 0.5) is 0 Å². The highest BCUT2D eigenvalue weighted by Gasteiger charge is 2.23. The van der Waals surface area contributed by atoms with Crippen LogP contribution in [0.3, 0.4) is 0 Å². The molecule has 3 unspecified atom stereocenters. The fourth-order valence-electron chi connectivity index (χ4n) is 4.20. The van der Waals surface area contributed by atoms with E-state index in [1.54, 1.807) is 20.0 Å². The first-order chi connectivity index (χ1) is 18.6. The summed E-state index contributed by atoms with van der Waals surface area (Å²) in [6, 6.07) is 4.75. The highest BCUT2D eigenvalue weighted by molar-refractivity contribution is 5.86. The number of aldehydes is 1. The van der Waals surface area contributed by atoms with Gasteiger partial charge in [-0.05, 0) is 62.0 Å². The third kappa shape index (κ3) is 10.6. The van der Waals surface area contributed by atoms with Crippen molar-refractivity contribution in [2.45, 2.75) is 92.6 Å². The number of benzene rings is 1. The summed E-state index contributed by atoms with van der Waals surface area (Å²) >= 11 is 0. The number of imidazole rings is 1. The second kappa shape index (κ2) is 17.6. The van der Waals surface area contributed by atoms with Crippen LogP contribution in [-0.2, 0) is 27.4 Å². The Bertz CT molecular complexity index is 1100. The SMILES string of the molecule is CC.CCCOC(CC(C)C)Cn1c(C(/C=C(/C)C=O)=C/NC)nc2cc(CNC(C(=O)O)C(C)O)ccc21. The minimum Gasteiger partial charge on any atom is -0.480 e. The van der Waals surface area contributed by atoms with Crippen LogP contribution in [0.2, 0.25) is 0 Å². The molecule has 2 aromatic rings. The van der Waals surface area contributed by atoms with E-state index in [9.17, 15) is 19.8 Å². The number of fused-ring (bicyclic) bond motifs is 1. The maximum atomic E-state index is 11.4. The van der Waals surface area contributed by atoms with Crippen LogP contribution in [0.1, 0.15) is 72.7 Å². The highest BCUT2D eigenvalue weighted by Crippen LogP contribution is 2.26. The van der Waals surface area contributed by atoms with Crippen LogP contribution in [0.25, 0.3) is 16.6 Å². The van der Waals surface area contributed by atoms with E-state index in [1.165, 1.54) is 6.92 Å². The first-order valence-electron chi connectivity index (χ1n) is 13.9. The monoisotopic (exact) mass is 544 g/mol. The Balaban J connectivity index is 0.00000371. The summed E-state index contributed by atoms with van der Waals surface area (Å²) in [5, 5.41) is 25.1. The zero-order valence-corrected chi connectivity index (χ0v) is 24.8. The van der Waals surface area contributed by atoms with Gasteiger partial charge in [-0.15, -0.1) is 0 Å². The fraction of sp³-hybridized carbons (Fsp3) is 0.567. The molecule has 4 N–H and O–H groups in total. The molecule has 1 aromatic carbocycles. The molecule has 0 fully saturated rings. The molecule has 0 aliphatic heterocycles. The number of aliphatic hydroxyl groups is 1. The smallest absolute Gasteiger partial charge is 0.323 e. The number of nitrogens with zero attached hydrogens (tertiary/aromatic N) is 2. The van der Waals surface area contributed by atoms with Gasteiger partial charge in [0.25, 0.3) is 0 Å². The Morgan fingerprint density at radius 1 is 1.23 bits per heavy atom. The molecular weight excluding hydrogens is 496 g/mol. The van der Waals surface area contributed by atoms with Crippen LogP contribution < -0.4 is 10.6 Å². The van der Waals surface area contributed by atoms with E-state index in [-0.39, 0.29) is 12.6 Å². The van der Waals surface area contributed by atoms with Gasteiger partial charge in [0.2, 0.25) is 0 Å². The van der Waals surface area contributed by atoms with Gasteiger partial charge in [-0.1, -0.05) is 40.7 Å². The number of aromatic nitrogens is 2. The summed E-state index contributed by atoms with van der Waals surface area (Å²) in [4.78, 5) is 27.8. The van der Waals surface area contributed by atoms with E-state index in [0.29, 0.717) is 30.5 Å². The topological polar surface area (TPSA) is 126 Å². The van der Waals surface area contributed by atoms with Crippen molar-refractivity contribution >= 4 is 28.9 Å². The Kier molecular flexibility index (Phi) is 15.3. The lowest BCUT2D eigenvalue weighted by molar-refractivity contribution is -0.142. The van der Waals surface area contributed by atoms with Gasteiger partial charge >= 0.3 is 5.97 Å². The van der Waals surface area contributed by atoms with Crippen LogP contribution >= 0.6 is 0 Å². The molecule has 3 atom stereocenters. The molecule has 0 aliphatic rings. The Hall–Kier alpha value is -3.01. The van der Waals surface area contributed by atoms with Gasteiger partial charge in [-0.25, -0.2) is 4.98 Å². The lowest BCUT2D eigenvalue weighted by Gasteiger charge is -2.22. The number of aliphatic hydroxyl groups excluding tert-OH is 1. The molecule has 0 saturated heterocycles. The standard InChI is InChI=1S/C28H42N4O5.C2H6/c1-7-10-37-23(11-18(2)3)16-32-25-9-8-21(14-30-26(20(5)34)28(35)36)13-24(25)31-27(32)22(15-29-6)12-19(4)17-33;1-2/h8-9,12-13,15,17-18,20,23,26,29-30,34H,7,10-11,14,16H2,1-6H3,(H,35,36);1-2H3/b19-12-,22-15+;. The summed E-state index contributed by atoms with van der Waals surface area (Å²) in [6.45, 7) is 15.2. The number of hydrogen-bond donors (Lipinski definition) is 4. The molecular formula is C30H48N4O5. The van der Waals surface area contributed by atoms with E-state index in [4.69, 9.17) is 9.72 Å². The van der Waals surface area contributed by atoms with Gasteiger partial charge in [0, 0.05) is 32.0 Å². The second-order valence-corrected chi connectivity index (χ2v) is 9.82. The normalized spacial score (nSPS) is 14.5. The molecule has 39 heavy (non-hydrogen) atoms. The number of ether oxygens (including phenoxy) is 1. The van der Waals surface area contributed by atoms with Crippen LogP contribution in [-0.4, -0.2) is 63.9 Å². The van der Waals surface area contributed by atoms with Crippen LogP contribution in [0, 0.1) is 5.92 Å². The molecule has 2 rings (SSSR count). The lowest BCUT2D eigenvalue weighted by Crippen LogP contribution is -2.44. The second-order valence-electron chi connectivity index (χ2n) is 9.82. The average Bonchev–Trinajstić information content (AvgIpc) is 3.24. The van der Waals surface area contributed by atoms with E-state index in [2.05, 4.69) is 36.0 Å². The van der Waals surface area contributed by atoms with E-state index in [1.807, 2.05) is 38.2 Å². The number of nitrogens with one attached hydrogen (secondary N) is 2. The summed E-state index contributed by atoms with van der Waals surface area (Å²) < 4.78 is 8.34. The third-order valence-corrected chi connectivity index (χ3v) is 5.89. The molecule has 0 saturated carbocycles. The first kappa shape index (κ1) is 34.0. The number of aliphatic carboxylic acids is 1. The maximum absolute atomic E-state index is 11.4.